The summed E-state index contributed by atoms with van der Waals surface area (Å²) in [5.41, 5.74) is -0.641. The number of nitrogens with zero attached hydrogens (tertiary/aromatic N) is 1. The number of fused-ring (bicyclic) bond motifs is 2. The summed E-state index contributed by atoms with van der Waals surface area (Å²) >= 11 is 1.65. The lowest BCUT2D eigenvalue weighted by molar-refractivity contribution is -0.385. The van der Waals surface area contributed by atoms with Gasteiger partial charge in [0.2, 0.25) is 5.78 Å². The first-order valence-corrected chi connectivity index (χ1v) is 11.3. The van der Waals surface area contributed by atoms with Gasteiger partial charge in [-0.25, -0.2) is 0 Å². The Morgan fingerprint density at radius 3 is 2.03 bits per heavy atom. The number of nitro groups is 1. The molecular weight excluding hydrogens is 537 g/mol. The molecule has 0 fully saturated rings. The lowest BCUT2D eigenvalue weighted by Crippen LogP contribution is -2.24. The van der Waals surface area contributed by atoms with E-state index < -0.39 is 49.2 Å². The molecule has 0 bridgehead atoms. The van der Waals surface area contributed by atoms with Gasteiger partial charge < -0.3 is 4.18 Å². The maximum absolute atomic E-state index is 13.2. The molecule has 1 aliphatic carbocycles. The molecule has 0 saturated carbocycles. The van der Waals surface area contributed by atoms with Crippen LogP contribution in [0.3, 0.4) is 0 Å². The van der Waals surface area contributed by atoms with Crippen molar-refractivity contribution in [2.75, 3.05) is 0 Å². The molecule has 0 heterocycles. The van der Waals surface area contributed by atoms with Gasteiger partial charge in [-0.3, -0.25) is 19.7 Å². The second-order valence-corrected chi connectivity index (χ2v) is 9.48. The van der Waals surface area contributed by atoms with Crippen LogP contribution in [0.4, 0.5) is 5.69 Å². The van der Waals surface area contributed by atoms with Crippen molar-refractivity contribution >= 4 is 50.0 Å². The normalized spacial score (nSPS) is 12.8. The summed E-state index contributed by atoms with van der Waals surface area (Å²) in [5, 5.41) is 11.6. The van der Waals surface area contributed by atoms with Gasteiger partial charge in [0.05, 0.1) is 14.1 Å². The number of carbonyl (C=O) groups excluding carboxylic acids is 2. The van der Waals surface area contributed by atoms with Gasteiger partial charge >= 0.3 is 10.1 Å². The maximum Gasteiger partial charge on any atom is 0.339 e. The lowest BCUT2D eigenvalue weighted by Gasteiger charge is -2.21. The van der Waals surface area contributed by atoms with Crippen LogP contribution < -0.4 is 4.18 Å². The molecule has 0 aliphatic heterocycles. The van der Waals surface area contributed by atoms with E-state index in [2.05, 4.69) is 0 Å². The molecule has 3 aromatic carbocycles. The van der Waals surface area contributed by atoms with Gasteiger partial charge in [-0.2, -0.15) is 8.42 Å². The van der Waals surface area contributed by atoms with Crippen molar-refractivity contribution in [3.05, 3.63) is 96.1 Å². The molecule has 0 spiro atoms. The molecular formula is C21H12INO7S. The highest BCUT2D eigenvalue weighted by atomic mass is 127. The Hall–Kier alpha value is -3.12. The number of carbonyl (C=O) groups is 2. The first kappa shape index (κ1) is 21.1. The molecule has 8 nitrogen and oxygen atoms in total. The predicted molar refractivity (Wildman–Crippen MR) is 118 cm³/mol. The van der Waals surface area contributed by atoms with Crippen LogP contribution >= 0.6 is 22.6 Å². The quantitative estimate of drug-likeness (QED) is 0.163. The summed E-state index contributed by atoms with van der Waals surface area (Å²) in [7, 11) is -4.38. The van der Waals surface area contributed by atoms with Crippen LogP contribution in [0.1, 0.15) is 37.4 Å². The minimum atomic E-state index is -4.38. The highest BCUT2D eigenvalue weighted by molar-refractivity contribution is 14.1. The Kier molecular flexibility index (Phi) is 5.13. The molecule has 0 saturated heterocycles. The number of aryl methyl sites for hydroxylation is 1. The minimum Gasteiger partial charge on any atom is -0.377 e. The highest BCUT2D eigenvalue weighted by Crippen LogP contribution is 2.42. The van der Waals surface area contributed by atoms with Crippen molar-refractivity contribution in [2.24, 2.45) is 0 Å². The molecule has 0 unspecified atom stereocenters. The number of benzene rings is 3. The Morgan fingerprint density at radius 1 is 0.935 bits per heavy atom. The van der Waals surface area contributed by atoms with Gasteiger partial charge in [0.25, 0.3) is 5.69 Å². The van der Waals surface area contributed by atoms with Gasteiger partial charge in [0.1, 0.15) is 10.5 Å². The number of hydrogen-bond acceptors (Lipinski definition) is 7. The summed E-state index contributed by atoms with van der Waals surface area (Å²) in [6.07, 6.45) is 0. The minimum absolute atomic E-state index is 0.0108. The van der Waals surface area contributed by atoms with Crippen LogP contribution in [-0.2, 0) is 10.1 Å². The largest absolute Gasteiger partial charge is 0.377 e. The number of nitro benzene ring substituents is 1. The first-order valence-electron chi connectivity index (χ1n) is 8.82. The SMILES string of the molecule is Cc1ccc(S(=O)(=O)Oc2c(I)cc([N+](=O)[O-])c3c2C(=O)c2ccccc2C3=O)cc1. The van der Waals surface area contributed by atoms with E-state index in [4.69, 9.17) is 4.18 Å². The van der Waals surface area contributed by atoms with E-state index in [9.17, 15) is 28.1 Å². The van der Waals surface area contributed by atoms with E-state index >= 15 is 0 Å². The van der Waals surface area contributed by atoms with Crippen molar-refractivity contribution in [3.8, 4) is 5.75 Å². The van der Waals surface area contributed by atoms with E-state index in [-0.39, 0.29) is 19.6 Å². The Balaban J connectivity index is 1.97. The third-order valence-electron chi connectivity index (χ3n) is 4.78. The standard InChI is InChI=1S/C21H12INO7S/c1-11-6-8-12(9-7-11)31(28,29)30-21-15(22)10-16(23(26)27)17-18(21)20(25)14-5-3-2-4-13(14)19(17)24/h2-10H,1H3. The molecule has 0 radical (unpaired) electrons. The molecule has 0 atom stereocenters. The van der Waals surface area contributed by atoms with Crippen LogP contribution in [0, 0.1) is 20.6 Å². The monoisotopic (exact) mass is 549 g/mol. The molecule has 4 rings (SSSR count). The van der Waals surface area contributed by atoms with Gasteiger partial charge in [0, 0.05) is 17.2 Å². The van der Waals surface area contributed by atoms with Crippen LogP contribution in [0.5, 0.6) is 5.75 Å². The summed E-state index contributed by atoms with van der Waals surface area (Å²) in [5.74, 6) is -1.87. The molecule has 0 aromatic heterocycles. The van der Waals surface area contributed by atoms with E-state index in [1.165, 1.54) is 30.3 Å². The fourth-order valence-corrected chi connectivity index (χ4v) is 5.08. The molecule has 0 amide bonds. The zero-order valence-electron chi connectivity index (χ0n) is 15.8. The van der Waals surface area contributed by atoms with Crippen molar-refractivity contribution in [2.45, 2.75) is 11.8 Å². The van der Waals surface area contributed by atoms with E-state index in [0.29, 0.717) is 0 Å². The van der Waals surface area contributed by atoms with Gasteiger partial charge in [-0.1, -0.05) is 42.0 Å². The molecule has 156 valence electrons. The number of halogens is 1. The topological polar surface area (TPSA) is 121 Å². The Morgan fingerprint density at radius 2 is 1.48 bits per heavy atom. The third-order valence-corrected chi connectivity index (χ3v) is 6.82. The summed E-state index contributed by atoms with van der Waals surface area (Å²) < 4.78 is 31.0. The predicted octanol–water partition coefficient (Wildman–Crippen LogP) is 4.05. The van der Waals surface area contributed by atoms with Crippen LogP contribution in [0.15, 0.2) is 59.5 Å². The number of ketones is 2. The molecule has 0 N–H and O–H groups in total. The lowest BCUT2D eigenvalue weighted by atomic mass is 9.83. The Labute approximate surface area is 190 Å². The smallest absolute Gasteiger partial charge is 0.339 e. The summed E-state index contributed by atoms with van der Waals surface area (Å²) in [4.78, 5) is 36.9. The zero-order chi connectivity index (χ0) is 22.5. The second-order valence-electron chi connectivity index (χ2n) is 6.77. The second kappa shape index (κ2) is 7.54. The van der Waals surface area contributed by atoms with Crippen LogP contribution in [0.2, 0.25) is 0 Å². The zero-order valence-corrected chi connectivity index (χ0v) is 18.8. The molecule has 3 aromatic rings. The van der Waals surface area contributed by atoms with Gasteiger partial charge in [-0.15, -0.1) is 0 Å². The Bertz CT molecular complexity index is 1400. The van der Waals surface area contributed by atoms with Crippen LogP contribution in [0.25, 0.3) is 0 Å². The van der Waals surface area contributed by atoms with Crippen molar-refractivity contribution < 1.29 is 27.1 Å². The van der Waals surface area contributed by atoms with Crippen molar-refractivity contribution in [1.29, 1.82) is 0 Å². The molecule has 31 heavy (non-hydrogen) atoms. The number of hydrogen-bond donors (Lipinski definition) is 0. The fraction of sp³-hybridized carbons (Fsp3) is 0.0476. The van der Waals surface area contributed by atoms with Gasteiger partial charge in [0.15, 0.2) is 11.5 Å². The van der Waals surface area contributed by atoms with Gasteiger partial charge in [-0.05, 0) is 41.6 Å². The summed E-state index contributed by atoms with van der Waals surface area (Å²) in [6.45, 7) is 1.79. The first-order chi connectivity index (χ1) is 14.6. The average Bonchev–Trinajstić information content (AvgIpc) is 2.73. The molecule has 1 aliphatic rings. The fourth-order valence-electron chi connectivity index (χ4n) is 3.30. The van der Waals surface area contributed by atoms with Crippen LogP contribution in [-0.4, -0.2) is 24.9 Å². The summed E-state index contributed by atoms with van der Waals surface area (Å²) in [6, 6.07) is 12.8. The van der Waals surface area contributed by atoms with Crippen molar-refractivity contribution in [1.82, 2.24) is 0 Å². The van der Waals surface area contributed by atoms with E-state index in [1.54, 1.807) is 47.7 Å². The third kappa shape index (κ3) is 3.51. The average molecular weight is 549 g/mol. The van der Waals surface area contributed by atoms with Crippen molar-refractivity contribution in [3.63, 3.8) is 0 Å². The molecule has 10 heteroatoms. The van der Waals surface area contributed by atoms with E-state index in [1.807, 2.05) is 0 Å². The van der Waals surface area contributed by atoms with E-state index in [0.717, 1.165) is 11.6 Å². The highest BCUT2D eigenvalue weighted by Gasteiger charge is 2.40. The maximum atomic E-state index is 13.2. The number of rotatable bonds is 4.